The summed E-state index contributed by atoms with van der Waals surface area (Å²) in [6.07, 6.45) is 21.8. The van der Waals surface area contributed by atoms with Gasteiger partial charge in [-0.15, -0.1) is 0 Å². The quantitative estimate of drug-likeness (QED) is 0.101. The van der Waals surface area contributed by atoms with E-state index >= 15 is 0 Å². The lowest BCUT2D eigenvalue weighted by Gasteiger charge is -2.14. The minimum Gasteiger partial charge on any atom is -0.487 e. The molecular weight excluding hydrogens is 588 g/mol. The molecule has 47 heavy (non-hydrogen) atoms. The number of unbranched alkanes of at least 4 members (excludes halogenated alkanes) is 1. The zero-order valence-corrected chi connectivity index (χ0v) is 30.3. The monoisotopic (exact) mass is 650 g/mol. The summed E-state index contributed by atoms with van der Waals surface area (Å²) in [5, 5.41) is 0. The SMILES string of the molecule is CC(C)=CCC/C(C)=C/CC/C(C)=C\CC/C(C)=C\CC/C=C(/C)CCC(=O)c1ccc2c(c1)OCCOCCOCCOCCO2. The van der Waals surface area contributed by atoms with Crippen LogP contribution in [0, 0.1) is 0 Å². The second-order valence-electron chi connectivity index (χ2n) is 12.8. The molecule has 0 aliphatic carbocycles. The fourth-order valence-electron chi connectivity index (χ4n) is 5.08. The van der Waals surface area contributed by atoms with Crippen LogP contribution in [0.4, 0.5) is 0 Å². The van der Waals surface area contributed by atoms with Crippen LogP contribution in [-0.4, -0.2) is 58.6 Å². The van der Waals surface area contributed by atoms with Gasteiger partial charge in [-0.3, -0.25) is 4.79 Å². The van der Waals surface area contributed by atoms with Gasteiger partial charge in [0.05, 0.1) is 39.6 Å². The fraction of sp³-hybridized carbons (Fsp3) is 0.585. The second-order valence-corrected chi connectivity index (χ2v) is 12.8. The van der Waals surface area contributed by atoms with Crippen LogP contribution in [0.15, 0.2) is 76.4 Å². The van der Waals surface area contributed by atoms with Gasteiger partial charge in [0.15, 0.2) is 17.3 Å². The Kier molecular flexibility index (Phi) is 21.5. The van der Waals surface area contributed by atoms with E-state index in [4.69, 9.17) is 23.7 Å². The van der Waals surface area contributed by atoms with Crippen molar-refractivity contribution in [2.45, 2.75) is 106 Å². The van der Waals surface area contributed by atoms with E-state index in [9.17, 15) is 4.79 Å². The predicted octanol–water partition coefficient (Wildman–Crippen LogP) is 10.3. The Balaban J connectivity index is 1.73. The summed E-state index contributed by atoms with van der Waals surface area (Å²) >= 11 is 0. The summed E-state index contributed by atoms with van der Waals surface area (Å²) in [5.74, 6) is 1.26. The molecule has 0 saturated heterocycles. The van der Waals surface area contributed by atoms with E-state index in [0.717, 1.165) is 57.8 Å². The normalized spacial score (nSPS) is 16.3. The third kappa shape index (κ3) is 20.1. The van der Waals surface area contributed by atoms with Crippen molar-refractivity contribution in [2.75, 3.05) is 52.9 Å². The van der Waals surface area contributed by atoms with Gasteiger partial charge in [-0.2, -0.15) is 0 Å². The Morgan fingerprint density at radius 3 is 1.45 bits per heavy atom. The van der Waals surface area contributed by atoms with Gasteiger partial charge in [0.2, 0.25) is 0 Å². The Bertz CT molecular complexity index is 1200. The highest BCUT2D eigenvalue weighted by molar-refractivity contribution is 5.96. The van der Waals surface area contributed by atoms with Crippen LogP contribution >= 0.6 is 0 Å². The van der Waals surface area contributed by atoms with Gasteiger partial charge >= 0.3 is 0 Å². The highest BCUT2D eigenvalue weighted by atomic mass is 16.6. The van der Waals surface area contributed by atoms with Crippen LogP contribution in [0.5, 0.6) is 11.5 Å². The molecule has 0 unspecified atom stereocenters. The number of fused-ring (bicyclic) bond motifs is 1. The topological polar surface area (TPSA) is 63.2 Å². The molecule has 1 aromatic rings. The number of benzene rings is 1. The molecule has 1 heterocycles. The first kappa shape index (κ1) is 40.2. The number of rotatable bonds is 16. The molecule has 6 nitrogen and oxygen atoms in total. The Labute approximate surface area is 285 Å². The van der Waals surface area contributed by atoms with Crippen LogP contribution in [0.3, 0.4) is 0 Å². The minimum atomic E-state index is 0.0986. The highest BCUT2D eigenvalue weighted by Gasteiger charge is 2.13. The van der Waals surface area contributed by atoms with Gasteiger partial charge in [0.1, 0.15) is 13.2 Å². The number of carbonyl (C=O) groups is 1. The summed E-state index contributed by atoms with van der Waals surface area (Å²) in [7, 11) is 0. The second kappa shape index (κ2) is 25.1. The first-order valence-electron chi connectivity index (χ1n) is 17.7. The summed E-state index contributed by atoms with van der Waals surface area (Å²) in [6.45, 7) is 16.9. The molecule has 1 aliphatic heterocycles. The van der Waals surface area contributed by atoms with Crippen LogP contribution in [-0.2, 0) is 14.2 Å². The summed E-state index contributed by atoms with van der Waals surface area (Å²) in [6, 6.07) is 5.42. The van der Waals surface area contributed by atoms with E-state index in [1.165, 1.54) is 27.9 Å². The molecule has 0 aromatic heterocycles. The molecule has 0 radical (unpaired) electrons. The highest BCUT2D eigenvalue weighted by Crippen LogP contribution is 2.29. The molecule has 1 aliphatic rings. The maximum atomic E-state index is 13.0. The van der Waals surface area contributed by atoms with E-state index < -0.39 is 0 Å². The van der Waals surface area contributed by atoms with E-state index in [0.29, 0.717) is 76.3 Å². The van der Waals surface area contributed by atoms with Gasteiger partial charge in [-0.1, -0.05) is 58.2 Å². The van der Waals surface area contributed by atoms with Crippen molar-refractivity contribution in [3.05, 3.63) is 82.0 Å². The number of Topliss-reactive ketones (excluding diaryl/α,β-unsaturated/α-hetero) is 1. The van der Waals surface area contributed by atoms with Gasteiger partial charge in [-0.25, -0.2) is 0 Å². The van der Waals surface area contributed by atoms with Gasteiger partial charge in [0.25, 0.3) is 0 Å². The summed E-state index contributed by atoms with van der Waals surface area (Å²) < 4.78 is 28.4. The largest absolute Gasteiger partial charge is 0.487 e. The first-order valence-corrected chi connectivity index (χ1v) is 17.7. The van der Waals surface area contributed by atoms with Gasteiger partial charge in [0, 0.05) is 12.0 Å². The predicted molar refractivity (Wildman–Crippen MR) is 195 cm³/mol. The fourth-order valence-corrected chi connectivity index (χ4v) is 5.08. The van der Waals surface area contributed by atoms with E-state index in [2.05, 4.69) is 71.9 Å². The molecule has 1 aromatic carbocycles. The van der Waals surface area contributed by atoms with Crippen molar-refractivity contribution in [1.29, 1.82) is 0 Å². The maximum absolute atomic E-state index is 13.0. The molecule has 0 amide bonds. The van der Waals surface area contributed by atoms with Crippen molar-refractivity contribution in [3.8, 4) is 11.5 Å². The minimum absolute atomic E-state index is 0.0986. The number of ether oxygens (including phenoxy) is 5. The molecule has 6 heteroatoms. The number of carbonyl (C=O) groups excluding carboxylic acids is 1. The van der Waals surface area contributed by atoms with Crippen LogP contribution < -0.4 is 9.47 Å². The number of hydrogen-bond acceptors (Lipinski definition) is 6. The molecule has 262 valence electrons. The number of hydrogen-bond donors (Lipinski definition) is 0. The molecule has 0 saturated carbocycles. The Morgan fingerprint density at radius 2 is 0.936 bits per heavy atom. The van der Waals surface area contributed by atoms with E-state index in [-0.39, 0.29) is 5.78 Å². The first-order chi connectivity index (χ1) is 22.7. The zero-order valence-electron chi connectivity index (χ0n) is 30.3. The third-order valence-corrected chi connectivity index (χ3v) is 8.03. The molecule has 0 atom stereocenters. The third-order valence-electron chi connectivity index (χ3n) is 8.03. The number of ketones is 1. The van der Waals surface area contributed by atoms with Crippen LogP contribution in [0.25, 0.3) is 0 Å². The lowest BCUT2D eigenvalue weighted by molar-refractivity contribution is 0.00708. The van der Waals surface area contributed by atoms with Crippen molar-refractivity contribution in [2.24, 2.45) is 0 Å². The zero-order chi connectivity index (χ0) is 34.1. The number of allylic oxidation sites excluding steroid dienone is 10. The lowest BCUT2D eigenvalue weighted by Crippen LogP contribution is -2.13. The van der Waals surface area contributed by atoms with Crippen LogP contribution in [0.2, 0.25) is 0 Å². The van der Waals surface area contributed by atoms with E-state index in [1.807, 2.05) is 12.1 Å². The smallest absolute Gasteiger partial charge is 0.163 e. The Morgan fingerprint density at radius 1 is 0.511 bits per heavy atom. The van der Waals surface area contributed by atoms with Crippen molar-refractivity contribution >= 4 is 5.78 Å². The van der Waals surface area contributed by atoms with Crippen molar-refractivity contribution < 1.29 is 28.5 Å². The molecule has 0 N–H and O–H groups in total. The van der Waals surface area contributed by atoms with Gasteiger partial charge in [-0.05, 0) is 118 Å². The van der Waals surface area contributed by atoms with Gasteiger partial charge < -0.3 is 23.7 Å². The standard InChI is InChI=1S/C41H62O6/c1-33(2)12-9-15-35(4)17-11-19-36(5)18-10-16-34(3)13-7-8-14-37(6)20-22-39(42)38-21-23-40-41(32-38)47-31-29-45-27-25-43-24-26-44-28-30-46-40/h12-14,17-18,21,23,32H,7-11,15-16,19-20,22,24-31H2,1-6H3/b34-13-,35-17+,36-18-,37-14-. The molecule has 0 fully saturated rings. The van der Waals surface area contributed by atoms with E-state index in [1.54, 1.807) is 6.07 Å². The van der Waals surface area contributed by atoms with Crippen molar-refractivity contribution in [1.82, 2.24) is 0 Å². The summed E-state index contributed by atoms with van der Waals surface area (Å²) in [4.78, 5) is 13.0. The molecule has 2 rings (SSSR count). The molecular formula is C41H62O6. The van der Waals surface area contributed by atoms with Crippen LogP contribution in [0.1, 0.15) is 116 Å². The molecule has 0 spiro atoms. The maximum Gasteiger partial charge on any atom is 0.163 e. The lowest BCUT2D eigenvalue weighted by atomic mass is 10.0. The average Bonchev–Trinajstić information content (AvgIpc) is 3.05. The Hall–Kier alpha value is -2.93. The summed E-state index contributed by atoms with van der Waals surface area (Å²) in [5.41, 5.74) is 7.71. The molecule has 0 bridgehead atoms. The average molecular weight is 651 g/mol. The van der Waals surface area contributed by atoms with Crippen molar-refractivity contribution in [3.63, 3.8) is 0 Å².